The quantitative estimate of drug-likeness (QED) is 0.833. The van der Waals surface area contributed by atoms with Gasteiger partial charge in [-0.25, -0.2) is 12.8 Å². The van der Waals surface area contributed by atoms with Crippen molar-refractivity contribution in [2.24, 2.45) is 0 Å². The molecule has 0 amide bonds. The van der Waals surface area contributed by atoms with E-state index in [1.807, 2.05) is 30.3 Å². The second kappa shape index (κ2) is 5.92. The van der Waals surface area contributed by atoms with Crippen molar-refractivity contribution < 1.29 is 17.9 Å². The van der Waals surface area contributed by atoms with Crippen LogP contribution in [0.5, 0.6) is 5.75 Å². The maximum atomic E-state index is 13.5. The molecule has 4 nitrogen and oxygen atoms in total. The summed E-state index contributed by atoms with van der Waals surface area (Å²) in [6, 6.07) is 12.4. The second-order valence-corrected chi connectivity index (χ2v) is 6.16. The number of halogens is 1. The molecule has 0 heterocycles. The van der Waals surface area contributed by atoms with Gasteiger partial charge in [0.25, 0.3) is 0 Å². The van der Waals surface area contributed by atoms with E-state index in [1.54, 1.807) is 0 Å². The lowest BCUT2D eigenvalue weighted by Gasteiger charge is -2.09. The summed E-state index contributed by atoms with van der Waals surface area (Å²) in [6.45, 7) is 0. The number of benzene rings is 2. The largest absolute Gasteiger partial charge is 0.508 e. The van der Waals surface area contributed by atoms with Crippen molar-refractivity contribution in [3.8, 4) is 5.75 Å². The molecule has 2 N–H and O–H groups in total. The zero-order chi connectivity index (χ0) is 14.6. The Labute approximate surface area is 116 Å². The number of phenolic OH excluding ortho intramolecular Hbond substituents is 1. The lowest BCUT2D eigenvalue weighted by atomic mass is 10.2. The van der Waals surface area contributed by atoms with Gasteiger partial charge in [-0.3, -0.25) is 4.72 Å². The molecule has 0 spiro atoms. The first-order valence-corrected chi connectivity index (χ1v) is 7.64. The molecule has 0 unspecified atom stereocenters. The van der Waals surface area contributed by atoms with E-state index in [4.69, 9.17) is 5.11 Å². The molecule has 0 saturated heterocycles. The summed E-state index contributed by atoms with van der Waals surface area (Å²) in [5.41, 5.74) is 0.722. The first-order chi connectivity index (χ1) is 9.46. The number of aromatic hydroxyl groups is 1. The molecule has 106 valence electrons. The third-order valence-electron chi connectivity index (χ3n) is 2.72. The molecule has 0 aliphatic carbocycles. The molecule has 0 aromatic heterocycles. The van der Waals surface area contributed by atoms with Crippen LogP contribution >= 0.6 is 0 Å². The molecule has 0 fully saturated rings. The average molecular weight is 295 g/mol. The average Bonchev–Trinajstić information content (AvgIpc) is 2.41. The van der Waals surface area contributed by atoms with Crippen LogP contribution in [0, 0.1) is 5.82 Å². The topological polar surface area (TPSA) is 66.4 Å². The Hall–Kier alpha value is -2.08. The van der Waals surface area contributed by atoms with Crippen LogP contribution in [0.1, 0.15) is 5.56 Å². The molecule has 0 atom stereocenters. The molecule has 0 aliphatic heterocycles. The molecule has 6 heteroatoms. The summed E-state index contributed by atoms with van der Waals surface area (Å²) in [5, 5.41) is 9.07. The van der Waals surface area contributed by atoms with Crippen LogP contribution in [0.2, 0.25) is 0 Å². The van der Waals surface area contributed by atoms with E-state index in [2.05, 4.69) is 4.72 Å². The second-order valence-electron chi connectivity index (χ2n) is 4.32. The van der Waals surface area contributed by atoms with Gasteiger partial charge in [-0.1, -0.05) is 30.3 Å². The Morgan fingerprint density at radius 2 is 1.80 bits per heavy atom. The predicted octanol–water partition coefficient (Wildman–Crippen LogP) is 2.52. The summed E-state index contributed by atoms with van der Waals surface area (Å²) in [5.74, 6) is -1.21. The van der Waals surface area contributed by atoms with E-state index in [0.29, 0.717) is 6.42 Å². The number of phenols is 1. The van der Waals surface area contributed by atoms with Gasteiger partial charge in [0, 0.05) is 6.07 Å². The number of sulfonamides is 1. The molecule has 2 aromatic rings. The highest BCUT2D eigenvalue weighted by molar-refractivity contribution is 7.92. The lowest BCUT2D eigenvalue weighted by Crippen LogP contribution is -2.18. The fourth-order valence-corrected chi connectivity index (χ4v) is 2.81. The van der Waals surface area contributed by atoms with Crippen molar-refractivity contribution in [3.05, 3.63) is 59.9 Å². The van der Waals surface area contributed by atoms with Crippen molar-refractivity contribution in [2.75, 3.05) is 10.5 Å². The zero-order valence-electron chi connectivity index (χ0n) is 10.6. The molecule has 0 radical (unpaired) electrons. The van der Waals surface area contributed by atoms with E-state index in [9.17, 15) is 12.8 Å². The van der Waals surface area contributed by atoms with Gasteiger partial charge >= 0.3 is 0 Å². The maximum Gasteiger partial charge on any atom is 0.233 e. The number of hydrogen-bond donors (Lipinski definition) is 2. The monoisotopic (exact) mass is 295 g/mol. The third kappa shape index (κ3) is 3.96. The van der Waals surface area contributed by atoms with Gasteiger partial charge in [-0.05, 0) is 24.1 Å². The SMILES string of the molecule is O=S(=O)(CCc1ccccc1)Nc1ccc(O)cc1F. The fraction of sp³-hybridized carbons (Fsp3) is 0.143. The third-order valence-corrected chi connectivity index (χ3v) is 3.99. The van der Waals surface area contributed by atoms with Crippen molar-refractivity contribution in [2.45, 2.75) is 6.42 Å². The zero-order valence-corrected chi connectivity index (χ0v) is 11.4. The van der Waals surface area contributed by atoms with Crippen LogP contribution < -0.4 is 4.72 Å². The van der Waals surface area contributed by atoms with E-state index < -0.39 is 15.8 Å². The van der Waals surface area contributed by atoms with Gasteiger partial charge in [-0.15, -0.1) is 0 Å². The van der Waals surface area contributed by atoms with E-state index in [1.165, 1.54) is 12.1 Å². The Morgan fingerprint density at radius 1 is 1.10 bits per heavy atom. The summed E-state index contributed by atoms with van der Waals surface area (Å²) in [4.78, 5) is 0. The Kier molecular flexibility index (Phi) is 4.24. The molecule has 2 rings (SSSR count). The number of rotatable bonds is 5. The summed E-state index contributed by atoms with van der Waals surface area (Å²) < 4.78 is 39.4. The van der Waals surface area contributed by atoms with Gasteiger partial charge < -0.3 is 5.11 Å². The minimum absolute atomic E-state index is 0.142. The van der Waals surface area contributed by atoms with Crippen LogP contribution in [0.3, 0.4) is 0 Å². The number of hydrogen-bond acceptors (Lipinski definition) is 3. The first kappa shape index (κ1) is 14.3. The molecular formula is C14H14FNO3S. The highest BCUT2D eigenvalue weighted by atomic mass is 32.2. The summed E-state index contributed by atoms with van der Waals surface area (Å²) in [6.07, 6.45) is 0.343. The molecule has 0 saturated carbocycles. The Balaban J connectivity index is 2.04. The van der Waals surface area contributed by atoms with Gasteiger partial charge in [0.15, 0.2) is 5.82 Å². The van der Waals surface area contributed by atoms with Crippen molar-refractivity contribution in [1.82, 2.24) is 0 Å². The number of anilines is 1. The van der Waals surface area contributed by atoms with Crippen molar-refractivity contribution >= 4 is 15.7 Å². The van der Waals surface area contributed by atoms with Crippen LogP contribution in [-0.2, 0) is 16.4 Å². The van der Waals surface area contributed by atoms with Gasteiger partial charge in [-0.2, -0.15) is 0 Å². The number of nitrogens with one attached hydrogen (secondary N) is 1. The van der Waals surface area contributed by atoms with Gasteiger partial charge in [0.05, 0.1) is 11.4 Å². The minimum Gasteiger partial charge on any atom is -0.508 e. The van der Waals surface area contributed by atoms with Crippen molar-refractivity contribution in [3.63, 3.8) is 0 Å². The van der Waals surface area contributed by atoms with Crippen LogP contribution in [-0.4, -0.2) is 19.3 Å². The summed E-state index contributed by atoms with van der Waals surface area (Å²) >= 11 is 0. The van der Waals surface area contributed by atoms with Crippen LogP contribution in [0.25, 0.3) is 0 Å². The number of aryl methyl sites for hydroxylation is 1. The molecule has 20 heavy (non-hydrogen) atoms. The minimum atomic E-state index is -3.64. The molecular weight excluding hydrogens is 281 g/mol. The standard InChI is InChI=1S/C14H14FNO3S/c15-13-10-12(17)6-7-14(13)16-20(18,19)9-8-11-4-2-1-3-5-11/h1-7,10,16-17H,8-9H2. The lowest BCUT2D eigenvalue weighted by molar-refractivity contribution is 0.469. The Morgan fingerprint density at radius 3 is 2.45 bits per heavy atom. The molecule has 0 aliphatic rings. The first-order valence-electron chi connectivity index (χ1n) is 5.99. The maximum absolute atomic E-state index is 13.5. The normalized spacial score (nSPS) is 11.2. The van der Waals surface area contributed by atoms with Gasteiger partial charge in [0.2, 0.25) is 10.0 Å². The smallest absolute Gasteiger partial charge is 0.233 e. The van der Waals surface area contributed by atoms with E-state index in [-0.39, 0.29) is 17.2 Å². The van der Waals surface area contributed by atoms with Crippen LogP contribution in [0.15, 0.2) is 48.5 Å². The molecule has 0 bridgehead atoms. The van der Waals surface area contributed by atoms with E-state index >= 15 is 0 Å². The molecule has 2 aromatic carbocycles. The highest BCUT2D eigenvalue weighted by Crippen LogP contribution is 2.20. The Bertz CT molecular complexity index is 687. The predicted molar refractivity (Wildman–Crippen MR) is 75.6 cm³/mol. The summed E-state index contributed by atoms with van der Waals surface area (Å²) in [7, 11) is -3.64. The fourth-order valence-electron chi connectivity index (χ4n) is 1.70. The van der Waals surface area contributed by atoms with Gasteiger partial charge in [0.1, 0.15) is 5.75 Å². The van der Waals surface area contributed by atoms with Crippen molar-refractivity contribution in [1.29, 1.82) is 0 Å². The highest BCUT2D eigenvalue weighted by Gasteiger charge is 2.13. The van der Waals surface area contributed by atoms with E-state index in [0.717, 1.165) is 11.6 Å². The van der Waals surface area contributed by atoms with Crippen LogP contribution in [0.4, 0.5) is 10.1 Å².